The van der Waals surface area contributed by atoms with Crippen molar-refractivity contribution in [2.45, 2.75) is 17.9 Å². The molecule has 0 spiro atoms. The van der Waals surface area contributed by atoms with Crippen molar-refractivity contribution in [3.8, 4) is 0 Å². The highest BCUT2D eigenvalue weighted by molar-refractivity contribution is 6.44. The van der Waals surface area contributed by atoms with Gasteiger partial charge in [-0.25, -0.2) is 0 Å². The molecule has 0 aromatic heterocycles. The van der Waals surface area contributed by atoms with E-state index in [9.17, 15) is 13.2 Å². The molecule has 1 atom stereocenters. The molecule has 9 heavy (non-hydrogen) atoms. The van der Waals surface area contributed by atoms with Crippen LogP contribution in [0.4, 0.5) is 13.2 Å². The molecule has 0 bridgehead atoms. The Kier molecular flexibility index (Phi) is 3.09. The molecule has 0 aliphatic carbocycles. The lowest BCUT2D eigenvalue weighted by Crippen LogP contribution is -2.24. The van der Waals surface area contributed by atoms with Gasteiger partial charge in [0.1, 0.15) is 4.84 Å². The van der Waals surface area contributed by atoms with Crippen molar-refractivity contribution in [1.29, 1.82) is 0 Å². The van der Waals surface area contributed by atoms with Gasteiger partial charge in [-0.05, 0) is 0 Å². The van der Waals surface area contributed by atoms with E-state index < -0.39 is 16.9 Å². The second-order valence-electron chi connectivity index (χ2n) is 1.66. The van der Waals surface area contributed by atoms with Crippen molar-refractivity contribution in [3.63, 3.8) is 0 Å². The summed E-state index contributed by atoms with van der Waals surface area (Å²) < 4.78 is 34.6. The molecule has 0 aliphatic heterocycles. The fraction of sp³-hybridized carbons (Fsp3) is 1.00. The van der Waals surface area contributed by atoms with Gasteiger partial charge in [0.2, 0.25) is 0 Å². The lowest BCUT2D eigenvalue weighted by atomic mass is 10.2. The molecule has 0 saturated carbocycles. The molecule has 0 N–H and O–H groups in total. The standard InChI is InChI=1S/C4H5Cl2F3/c1-2(3(5)6)4(7,8)9/h2-3H,1H3. The van der Waals surface area contributed by atoms with Crippen LogP contribution in [0.2, 0.25) is 0 Å². The Balaban J connectivity index is 3.88. The van der Waals surface area contributed by atoms with E-state index in [2.05, 4.69) is 0 Å². The Morgan fingerprint density at radius 3 is 1.56 bits per heavy atom. The number of alkyl halides is 5. The van der Waals surface area contributed by atoms with Gasteiger partial charge in [-0.3, -0.25) is 0 Å². The average molecular weight is 181 g/mol. The van der Waals surface area contributed by atoms with Crippen LogP contribution in [0.25, 0.3) is 0 Å². The molecule has 0 heterocycles. The number of halogens is 5. The van der Waals surface area contributed by atoms with Crippen LogP contribution < -0.4 is 0 Å². The predicted octanol–water partition coefficient (Wildman–Crippen LogP) is 2.99. The van der Waals surface area contributed by atoms with E-state index in [4.69, 9.17) is 23.2 Å². The second-order valence-corrected chi connectivity index (χ2v) is 2.83. The summed E-state index contributed by atoms with van der Waals surface area (Å²) in [7, 11) is 0. The summed E-state index contributed by atoms with van der Waals surface area (Å²) in [6, 6.07) is 0. The minimum atomic E-state index is -4.28. The van der Waals surface area contributed by atoms with Gasteiger partial charge < -0.3 is 0 Å². The third-order valence-electron chi connectivity index (χ3n) is 0.894. The zero-order valence-electron chi connectivity index (χ0n) is 4.54. The Bertz CT molecular complexity index is 88.3. The number of hydrogen-bond acceptors (Lipinski definition) is 0. The third-order valence-corrected chi connectivity index (χ3v) is 1.65. The maximum atomic E-state index is 11.5. The van der Waals surface area contributed by atoms with Crippen LogP contribution >= 0.6 is 23.2 Å². The summed E-state index contributed by atoms with van der Waals surface area (Å²) in [5, 5.41) is 0. The monoisotopic (exact) mass is 180 g/mol. The van der Waals surface area contributed by atoms with Gasteiger partial charge in [0, 0.05) is 0 Å². The van der Waals surface area contributed by atoms with Crippen molar-refractivity contribution in [2.24, 2.45) is 5.92 Å². The average Bonchev–Trinajstić information content (AvgIpc) is 1.62. The minimum absolute atomic E-state index is 0.935. The highest BCUT2D eigenvalue weighted by Gasteiger charge is 2.39. The molecule has 0 aliphatic rings. The number of hydrogen-bond donors (Lipinski definition) is 0. The fourth-order valence-electron chi connectivity index (χ4n) is 0.143. The molecule has 1 unspecified atom stereocenters. The van der Waals surface area contributed by atoms with Crippen LogP contribution in [0.3, 0.4) is 0 Å². The van der Waals surface area contributed by atoms with Gasteiger partial charge in [-0.2, -0.15) is 13.2 Å². The highest BCUT2D eigenvalue weighted by atomic mass is 35.5. The van der Waals surface area contributed by atoms with Crippen molar-refractivity contribution < 1.29 is 13.2 Å². The lowest BCUT2D eigenvalue weighted by molar-refractivity contribution is -0.165. The molecule has 0 aromatic rings. The van der Waals surface area contributed by atoms with Crippen molar-refractivity contribution in [3.05, 3.63) is 0 Å². The van der Waals surface area contributed by atoms with Crippen LogP contribution in [0.15, 0.2) is 0 Å². The summed E-state index contributed by atoms with van der Waals surface area (Å²) in [5.74, 6) is -1.65. The van der Waals surface area contributed by atoms with E-state index in [1.807, 2.05) is 0 Å². The Morgan fingerprint density at radius 1 is 1.22 bits per heavy atom. The maximum absolute atomic E-state index is 11.5. The molecular formula is C4H5Cl2F3. The van der Waals surface area contributed by atoms with Crippen molar-refractivity contribution in [1.82, 2.24) is 0 Å². The maximum Gasteiger partial charge on any atom is 0.394 e. The largest absolute Gasteiger partial charge is 0.394 e. The van der Waals surface area contributed by atoms with E-state index in [-0.39, 0.29) is 0 Å². The Labute approximate surface area is 60.9 Å². The second kappa shape index (κ2) is 2.97. The van der Waals surface area contributed by atoms with Crippen LogP contribution in [-0.2, 0) is 0 Å². The SMILES string of the molecule is CC(C(Cl)Cl)C(F)(F)F. The first kappa shape index (κ1) is 9.37. The van der Waals surface area contributed by atoms with Crippen LogP contribution in [0.1, 0.15) is 6.92 Å². The van der Waals surface area contributed by atoms with Gasteiger partial charge in [0.05, 0.1) is 5.92 Å². The van der Waals surface area contributed by atoms with Crippen molar-refractivity contribution >= 4 is 23.2 Å². The van der Waals surface area contributed by atoms with E-state index in [1.54, 1.807) is 0 Å². The zero-order chi connectivity index (χ0) is 7.65. The Morgan fingerprint density at radius 2 is 1.56 bits per heavy atom. The minimum Gasteiger partial charge on any atom is -0.171 e. The molecule has 0 saturated heterocycles. The van der Waals surface area contributed by atoms with Gasteiger partial charge in [0.25, 0.3) is 0 Å². The van der Waals surface area contributed by atoms with Crippen LogP contribution in [-0.4, -0.2) is 11.0 Å². The van der Waals surface area contributed by atoms with Gasteiger partial charge >= 0.3 is 6.18 Å². The van der Waals surface area contributed by atoms with E-state index in [1.165, 1.54) is 0 Å². The molecule has 0 rings (SSSR count). The topological polar surface area (TPSA) is 0 Å². The molecule has 5 heteroatoms. The molecule has 0 aromatic carbocycles. The molecule has 0 radical (unpaired) electrons. The molecule has 0 amide bonds. The fourth-order valence-corrected chi connectivity index (χ4v) is 0.429. The van der Waals surface area contributed by atoms with E-state index in [0.717, 1.165) is 6.92 Å². The van der Waals surface area contributed by atoms with Gasteiger partial charge in [-0.15, -0.1) is 23.2 Å². The van der Waals surface area contributed by atoms with Crippen LogP contribution in [0, 0.1) is 5.92 Å². The molecule has 0 nitrogen and oxygen atoms in total. The first-order valence-corrected chi connectivity index (χ1v) is 3.08. The quantitative estimate of drug-likeness (QED) is 0.545. The summed E-state index contributed by atoms with van der Waals surface area (Å²) in [5.41, 5.74) is 0. The van der Waals surface area contributed by atoms with Crippen LogP contribution in [0.5, 0.6) is 0 Å². The highest BCUT2D eigenvalue weighted by Crippen LogP contribution is 2.32. The Hall–Kier alpha value is 0.370. The first-order chi connectivity index (χ1) is 3.85. The summed E-state index contributed by atoms with van der Waals surface area (Å²) >= 11 is 9.92. The normalized spacial score (nSPS) is 16.3. The lowest BCUT2D eigenvalue weighted by Gasteiger charge is -2.15. The summed E-state index contributed by atoms with van der Waals surface area (Å²) in [4.78, 5) is -1.37. The summed E-state index contributed by atoms with van der Waals surface area (Å²) in [6.45, 7) is 0.935. The molecule has 0 fully saturated rings. The van der Waals surface area contributed by atoms with E-state index >= 15 is 0 Å². The zero-order valence-corrected chi connectivity index (χ0v) is 6.06. The smallest absolute Gasteiger partial charge is 0.171 e. The van der Waals surface area contributed by atoms with Crippen molar-refractivity contribution in [2.75, 3.05) is 0 Å². The number of rotatable bonds is 1. The first-order valence-electron chi connectivity index (χ1n) is 2.20. The van der Waals surface area contributed by atoms with Gasteiger partial charge in [-0.1, -0.05) is 6.92 Å². The third kappa shape index (κ3) is 3.16. The van der Waals surface area contributed by atoms with E-state index in [0.29, 0.717) is 0 Å². The molecular weight excluding hydrogens is 176 g/mol. The predicted molar refractivity (Wildman–Crippen MR) is 30.7 cm³/mol. The van der Waals surface area contributed by atoms with Gasteiger partial charge in [0.15, 0.2) is 0 Å². The summed E-state index contributed by atoms with van der Waals surface area (Å²) in [6.07, 6.45) is -4.28. The molecule has 56 valence electrons.